The number of hydrogen-bond acceptors (Lipinski definition) is 9. The molecule has 11 nitrogen and oxygen atoms in total. The van der Waals surface area contributed by atoms with Gasteiger partial charge in [-0.15, -0.1) is 0 Å². The number of amides is 2. The number of primary amides is 1. The Morgan fingerprint density at radius 3 is 2.29 bits per heavy atom. The molecule has 3 aliphatic rings. The summed E-state index contributed by atoms with van der Waals surface area (Å²) in [6, 6.07) is 8.82. The van der Waals surface area contributed by atoms with Crippen molar-refractivity contribution in [2.75, 3.05) is 19.4 Å². The number of Topliss-reactive ketones (excluding diaryl/α,β-unsaturated/α-hetero) is 4. The van der Waals surface area contributed by atoms with Gasteiger partial charge in [-0.1, -0.05) is 25.1 Å². The van der Waals surface area contributed by atoms with Gasteiger partial charge < -0.3 is 21.3 Å². The van der Waals surface area contributed by atoms with Crippen molar-refractivity contribution in [3.63, 3.8) is 0 Å². The van der Waals surface area contributed by atoms with Gasteiger partial charge in [0.05, 0.1) is 17.5 Å². The van der Waals surface area contributed by atoms with Gasteiger partial charge in [0, 0.05) is 18.0 Å². The van der Waals surface area contributed by atoms with Crippen LogP contribution in [0.3, 0.4) is 0 Å². The standard InChI is InChI=1S/C30H31N3O8/c1-4-20(35)32-15-7-5-13(6-8-15)16-9-10-19(34)22-17(16)11-14-12-18-24(33(2)3)26(37)23(29(31)40)28(39)30(18,41)27(38)21(14)25(22)36/h5-10,14,18,21,23-24,34,41H,4,11-12H2,1-3H3,(H2,31,40)(H,32,35)/t14-,18-,21?,23?,24-,30-/m1/s1. The molecule has 0 radical (unpaired) electrons. The lowest BCUT2D eigenvalue weighted by Crippen LogP contribution is -2.74. The van der Waals surface area contributed by atoms with E-state index in [-0.39, 0.29) is 30.1 Å². The summed E-state index contributed by atoms with van der Waals surface area (Å²) in [7, 11) is 3.08. The Hall–Kier alpha value is -4.22. The topological polar surface area (TPSA) is 184 Å². The third-order valence-corrected chi connectivity index (χ3v) is 8.75. The van der Waals surface area contributed by atoms with Crippen molar-refractivity contribution in [1.29, 1.82) is 0 Å². The van der Waals surface area contributed by atoms with E-state index < -0.39 is 64.4 Å². The van der Waals surface area contributed by atoms with Crippen molar-refractivity contribution < 1.29 is 39.0 Å². The van der Waals surface area contributed by atoms with Crippen LogP contribution in [0.4, 0.5) is 5.69 Å². The van der Waals surface area contributed by atoms with Crippen molar-refractivity contribution in [2.24, 2.45) is 29.4 Å². The number of phenols is 1. The van der Waals surface area contributed by atoms with Crippen molar-refractivity contribution in [1.82, 2.24) is 4.90 Å². The number of nitrogens with one attached hydrogen (secondary N) is 1. The van der Waals surface area contributed by atoms with Crippen LogP contribution >= 0.6 is 0 Å². The molecular formula is C30H31N3O8. The number of fused-ring (bicyclic) bond motifs is 3. The van der Waals surface area contributed by atoms with Crippen LogP contribution in [0.5, 0.6) is 5.75 Å². The number of ketones is 4. The molecule has 11 heteroatoms. The molecule has 41 heavy (non-hydrogen) atoms. The van der Waals surface area contributed by atoms with Crippen LogP contribution < -0.4 is 11.1 Å². The van der Waals surface area contributed by atoms with E-state index in [0.29, 0.717) is 28.8 Å². The largest absolute Gasteiger partial charge is 0.507 e. The Labute approximate surface area is 235 Å². The zero-order valence-electron chi connectivity index (χ0n) is 22.8. The van der Waals surface area contributed by atoms with E-state index in [1.54, 1.807) is 37.3 Å². The van der Waals surface area contributed by atoms with Gasteiger partial charge in [-0.05, 0) is 67.7 Å². The Morgan fingerprint density at radius 1 is 1.05 bits per heavy atom. The van der Waals surface area contributed by atoms with Gasteiger partial charge in [-0.2, -0.15) is 0 Å². The first-order valence-electron chi connectivity index (χ1n) is 13.4. The number of nitrogens with two attached hydrogens (primary N) is 1. The highest BCUT2D eigenvalue weighted by Crippen LogP contribution is 2.51. The third kappa shape index (κ3) is 4.18. The molecule has 2 saturated carbocycles. The highest BCUT2D eigenvalue weighted by molar-refractivity contribution is 6.32. The first kappa shape index (κ1) is 28.3. The maximum Gasteiger partial charge on any atom is 0.235 e. The molecule has 2 unspecified atom stereocenters. The molecule has 0 saturated heterocycles. The first-order chi connectivity index (χ1) is 19.3. The summed E-state index contributed by atoms with van der Waals surface area (Å²) < 4.78 is 0. The molecule has 0 aromatic heterocycles. The number of phenolic OH excluding ortho intramolecular Hbond substituents is 1. The van der Waals surface area contributed by atoms with Crippen LogP contribution in [-0.4, -0.2) is 75.8 Å². The zero-order chi connectivity index (χ0) is 30.0. The van der Waals surface area contributed by atoms with Crippen LogP contribution in [0.2, 0.25) is 0 Å². The monoisotopic (exact) mass is 561 g/mol. The van der Waals surface area contributed by atoms with E-state index in [9.17, 15) is 39.0 Å². The number of aliphatic hydroxyl groups is 1. The third-order valence-electron chi connectivity index (χ3n) is 8.75. The van der Waals surface area contributed by atoms with E-state index in [0.717, 1.165) is 0 Å². The highest BCUT2D eigenvalue weighted by Gasteiger charge is 2.69. The molecule has 5 rings (SSSR count). The van der Waals surface area contributed by atoms with Gasteiger partial charge in [-0.25, -0.2) is 0 Å². The molecule has 3 aliphatic carbocycles. The number of nitrogens with zero attached hydrogens (tertiary/aromatic N) is 1. The highest BCUT2D eigenvalue weighted by atomic mass is 16.3. The van der Waals surface area contributed by atoms with E-state index in [1.165, 1.54) is 25.1 Å². The molecule has 0 bridgehead atoms. The molecule has 0 aliphatic heterocycles. The number of carbonyl (C=O) groups excluding carboxylic acids is 6. The minimum atomic E-state index is -2.76. The lowest BCUT2D eigenvalue weighted by molar-refractivity contribution is -0.181. The van der Waals surface area contributed by atoms with Crippen LogP contribution in [0, 0.1) is 23.7 Å². The van der Waals surface area contributed by atoms with E-state index in [2.05, 4.69) is 5.32 Å². The lowest BCUT2D eigenvalue weighted by atomic mass is 9.52. The fraction of sp³-hybridized carbons (Fsp3) is 0.400. The Balaban J connectivity index is 1.59. The van der Waals surface area contributed by atoms with Crippen LogP contribution in [0.25, 0.3) is 11.1 Å². The number of anilines is 1. The van der Waals surface area contributed by atoms with Crippen molar-refractivity contribution in [2.45, 2.75) is 37.8 Å². The van der Waals surface area contributed by atoms with Crippen LogP contribution in [0.1, 0.15) is 35.7 Å². The molecule has 214 valence electrons. The SMILES string of the molecule is CCC(=O)Nc1ccc(-c2ccc(O)c3c2C[C@@H]2C[C@@H]4[C@@H](N(C)C)C(=O)C(C(N)=O)C(=O)[C@]4(O)C(=O)C2C3=O)cc1. The van der Waals surface area contributed by atoms with Gasteiger partial charge in [0.1, 0.15) is 5.75 Å². The zero-order valence-corrected chi connectivity index (χ0v) is 22.8. The molecule has 2 aromatic carbocycles. The van der Waals surface area contributed by atoms with Gasteiger partial charge >= 0.3 is 0 Å². The average Bonchev–Trinajstić information content (AvgIpc) is 2.91. The fourth-order valence-electron chi connectivity index (χ4n) is 6.86. The van der Waals surface area contributed by atoms with Crippen LogP contribution in [0.15, 0.2) is 36.4 Å². The van der Waals surface area contributed by atoms with Crippen molar-refractivity contribution in [3.8, 4) is 16.9 Å². The molecular weight excluding hydrogens is 530 g/mol. The van der Waals surface area contributed by atoms with E-state index >= 15 is 0 Å². The number of hydrogen-bond donors (Lipinski definition) is 4. The maximum absolute atomic E-state index is 13.9. The second-order valence-electron chi connectivity index (χ2n) is 11.3. The average molecular weight is 562 g/mol. The lowest BCUT2D eigenvalue weighted by Gasteiger charge is -2.52. The van der Waals surface area contributed by atoms with Gasteiger partial charge in [0.25, 0.3) is 0 Å². The molecule has 2 fully saturated rings. The van der Waals surface area contributed by atoms with Gasteiger partial charge in [-0.3, -0.25) is 33.7 Å². The molecule has 6 atom stereocenters. The molecule has 2 amide bonds. The summed E-state index contributed by atoms with van der Waals surface area (Å²) in [6.07, 6.45) is 0.451. The number of benzene rings is 2. The van der Waals surface area contributed by atoms with Crippen molar-refractivity contribution >= 4 is 40.6 Å². The summed E-state index contributed by atoms with van der Waals surface area (Å²) >= 11 is 0. The summed E-state index contributed by atoms with van der Waals surface area (Å²) in [5.41, 5.74) is 4.96. The predicted molar refractivity (Wildman–Crippen MR) is 146 cm³/mol. The van der Waals surface area contributed by atoms with E-state index in [1.807, 2.05) is 0 Å². The van der Waals surface area contributed by atoms with E-state index in [4.69, 9.17) is 5.73 Å². The summed E-state index contributed by atoms with van der Waals surface area (Å²) in [6.45, 7) is 1.74. The number of rotatable bonds is 5. The summed E-state index contributed by atoms with van der Waals surface area (Å²) in [5, 5.41) is 25.2. The predicted octanol–water partition coefficient (Wildman–Crippen LogP) is 0.882. The minimum absolute atomic E-state index is 0.0268. The second kappa shape index (κ2) is 10.0. The normalized spacial score (nSPS) is 29.0. The Morgan fingerprint density at radius 2 is 1.71 bits per heavy atom. The maximum atomic E-state index is 13.9. The van der Waals surface area contributed by atoms with Crippen LogP contribution in [-0.2, 0) is 30.4 Å². The molecule has 2 aromatic rings. The van der Waals surface area contributed by atoms with Gasteiger partial charge in [0.2, 0.25) is 11.8 Å². The quantitative estimate of drug-likeness (QED) is 0.385. The Kier molecular flexibility index (Phi) is 6.91. The molecule has 0 spiro atoms. The second-order valence-corrected chi connectivity index (χ2v) is 11.3. The number of aromatic hydroxyl groups is 1. The fourth-order valence-corrected chi connectivity index (χ4v) is 6.86. The molecule has 5 N–H and O–H groups in total. The van der Waals surface area contributed by atoms with Crippen molar-refractivity contribution in [3.05, 3.63) is 47.5 Å². The number of likely N-dealkylation sites (N-methyl/N-ethyl adjacent to an activating group) is 1. The number of carbonyl (C=O) groups is 6. The smallest absolute Gasteiger partial charge is 0.235 e. The van der Waals surface area contributed by atoms with Gasteiger partial charge in [0.15, 0.2) is 34.7 Å². The first-order valence-corrected chi connectivity index (χ1v) is 13.4. The molecule has 0 heterocycles. The summed E-state index contributed by atoms with van der Waals surface area (Å²) in [4.78, 5) is 79.7. The Bertz CT molecular complexity index is 1510. The summed E-state index contributed by atoms with van der Waals surface area (Å²) in [5.74, 6) is -11.0. The minimum Gasteiger partial charge on any atom is -0.507 e.